The highest BCUT2D eigenvalue weighted by atomic mass is 15.3. The molecule has 0 aromatic heterocycles. The monoisotopic (exact) mass is 173 g/mol. The van der Waals surface area contributed by atoms with Crippen molar-refractivity contribution in [1.29, 1.82) is 0 Å². The molecule has 13 heavy (non-hydrogen) atoms. The summed E-state index contributed by atoms with van der Waals surface area (Å²) in [4.78, 5) is 0. The predicted molar refractivity (Wildman–Crippen MR) is 54.4 cm³/mol. The Morgan fingerprint density at radius 3 is 3.23 bits per heavy atom. The number of rotatable bonds is 0. The maximum atomic E-state index is 4.14. The van der Waals surface area contributed by atoms with Gasteiger partial charge in [0.25, 0.3) is 0 Å². The largest absolute Gasteiger partial charge is 0.385 e. The zero-order valence-corrected chi connectivity index (χ0v) is 7.25. The smallest absolute Gasteiger partial charge is 0.0620 e. The number of hydrazone groups is 1. The van der Waals surface area contributed by atoms with Gasteiger partial charge in [0.05, 0.1) is 5.69 Å². The molecule has 0 saturated heterocycles. The summed E-state index contributed by atoms with van der Waals surface area (Å²) >= 11 is 0. The van der Waals surface area contributed by atoms with Crippen molar-refractivity contribution < 1.29 is 0 Å². The summed E-state index contributed by atoms with van der Waals surface area (Å²) in [7, 11) is 0. The van der Waals surface area contributed by atoms with E-state index in [9.17, 15) is 0 Å². The van der Waals surface area contributed by atoms with Gasteiger partial charge in [-0.1, -0.05) is 6.07 Å². The van der Waals surface area contributed by atoms with Crippen LogP contribution in [-0.4, -0.2) is 12.8 Å². The van der Waals surface area contributed by atoms with Crippen LogP contribution < -0.4 is 10.7 Å². The van der Waals surface area contributed by atoms with E-state index in [4.69, 9.17) is 0 Å². The summed E-state index contributed by atoms with van der Waals surface area (Å²) in [5.74, 6) is 0.508. The van der Waals surface area contributed by atoms with Crippen LogP contribution in [0.1, 0.15) is 17.9 Å². The lowest BCUT2D eigenvalue weighted by Gasteiger charge is -2.28. The van der Waals surface area contributed by atoms with E-state index in [1.807, 2.05) is 6.21 Å². The molecular formula is C10H11N3. The number of hydrogen-bond acceptors (Lipinski definition) is 3. The third-order valence-corrected chi connectivity index (χ3v) is 2.69. The van der Waals surface area contributed by atoms with Gasteiger partial charge in [0.2, 0.25) is 0 Å². The second-order valence-electron chi connectivity index (χ2n) is 3.48. The van der Waals surface area contributed by atoms with Crippen LogP contribution in [0.25, 0.3) is 0 Å². The number of nitrogens with zero attached hydrogens (tertiary/aromatic N) is 1. The Hall–Kier alpha value is -1.51. The highest BCUT2D eigenvalue weighted by Gasteiger charge is 2.23. The average molecular weight is 173 g/mol. The first-order valence-electron chi connectivity index (χ1n) is 4.61. The van der Waals surface area contributed by atoms with Crippen molar-refractivity contribution in [3.63, 3.8) is 0 Å². The highest BCUT2D eigenvalue weighted by molar-refractivity contribution is 5.83. The van der Waals surface area contributed by atoms with Crippen LogP contribution in [0.4, 0.5) is 11.4 Å². The molecule has 2 aliphatic heterocycles. The van der Waals surface area contributed by atoms with Crippen LogP contribution in [0.2, 0.25) is 0 Å². The lowest BCUT2D eigenvalue weighted by molar-refractivity contribution is 0.775. The van der Waals surface area contributed by atoms with Crippen molar-refractivity contribution in [2.24, 2.45) is 5.10 Å². The molecule has 0 saturated carbocycles. The summed E-state index contributed by atoms with van der Waals surface area (Å²) in [5, 5.41) is 7.54. The van der Waals surface area contributed by atoms with Gasteiger partial charge in [0, 0.05) is 29.9 Å². The molecule has 0 aliphatic carbocycles. The molecule has 0 fully saturated rings. The Bertz CT molecular complexity index is 370. The number of anilines is 2. The van der Waals surface area contributed by atoms with Crippen LogP contribution >= 0.6 is 0 Å². The van der Waals surface area contributed by atoms with Gasteiger partial charge in [-0.3, -0.25) is 5.43 Å². The SMILES string of the molecule is C1=NNc2cccc3c2C1CCN3. The van der Waals surface area contributed by atoms with Gasteiger partial charge in [-0.25, -0.2) is 0 Å². The summed E-state index contributed by atoms with van der Waals surface area (Å²) in [6.45, 7) is 1.05. The van der Waals surface area contributed by atoms with E-state index in [-0.39, 0.29) is 0 Å². The minimum Gasteiger partial charge on any atom is -0.385 e. The number of hydrogen-bond donors (Lipinski definition) is 2. The first kappa shape index (κ1) is 6.95. The van der Waals surface area contributed by atoms with E-state index in [0.29, 0.717) is 5.92 Å². The fourth-order valence-electron chi connectivity index (χ4n) is 2.07. The summed E-state index contributed by atoms with van der Waals surface area (Å²) in [6, 6.07) is 6.26. The van der Waals surface area contributed by atoms with Crippen molar-refractivity contribution in [2.45, 2.75) is 12.3 Å². The zero-order valence-electron chi connectivity index (χ0n) is 7.25. The third kappa shape index (κ3) is 0.932. The average Bonchev–Trinajstić information content (AvgIpc) is 2.19. The van der Waals surface area contributed by atoms with Gasteiger partial charge in [0.1, 0.15) is 0 Å². The Morgan fingerprint density at radius 2 is 2.23 bits per heavy atom. The van der Waals surface area contributed by atoms with Crippen molar-refractivity contribution in [1.82, 2.24) is 0 Å². The third-order valence-electron chi connectivity index (χ3n) is 2.69. The van der Waals surface area contributed by atoms with Gasteiger partial charge < -0.3 is 5.32 Å². The summed E-state index contributed by atoms with van der Waals surface area (Å²) in [6.07, 6.45) is 3.15. The topological polar surface area (TPSA) is 36.4 Å². The molecule has 0 amide bonds. The molecule has 3 nitrogen and oxygen atoms in total. The second-order valence-corrected chi connectivity index (χ2v) is 3.48. The van der Waals surface area contributed by atoms with Crippen molar-refractivity contribution in [2.75, 3.05) is 17.3 Å². The van der Waals surface area contributed by atoms with E-state index in [1.165, 1.54) is 11.3 Å². The Balaban J connectivity index is 2.22. The van der Waals surface area contributed by atoms with Crippen LogP contribution in [0, 0.1) is 0 Å². The van der Waals surface area contributed by atoms with E-state index >= 15 is 0 Å². The molecule has 1 aromatic rings. The molecule has 1 atom stereocenters. The molecule has 66 valence electrons. The minimum atomic E-state index is 0.508. The standard InChI is InChI=1S/C10H11N3/c1-2-8-10-7(4-5-11-8)6-12-13-9(10)3-1/h1-3,6-7,11,13H,4-5H2. The minimum absolute atomic E-state index is 0.508. The van der Waals surface area contributed by atoms with Crippen molar-refractivity contribution >= 4 is 17.6 Å². The van der Waals surface area contributed by atoms with Crippen LogP contribution in [0.3, 0.4) is 0 Å². The van der Waals surface area contributed by atoms with Crippen LogP contribution in [0.5, 0.6) is 0 Å². The van der Waals surface area contributed by atoms with Crippen molar-refractivity contribution in [3.05, 3.63) is 23.8 Å². The quantitative estimate of drug-likeness (QED) is 0.629. The molecule has 1 unspecified atom stereocenters. The molecule has 2 N–H and O–H groups in total. The van der Waals surface area contributed by atoms with Gasteiger partial charge in [-0.15, -0.1) is 0 Å². The predicted octanol–water partition coefficient (Wildman–Crippen LogP) is 2.00. The molecule has 2 aliphatic rings. The maximum Gasteiger partial charge on any atom is 0.0620 e. The van der Waals surface area contributed by atoms with Crippen molar-refractivity contribution in [3.8, 4) is 0 Å². The lowest BCUT2D eigenvalue weighted by atomic mass is 9.90. The molecule has 0 bridgehead atoms. The molecular weight excluding hydrogens is 162 g/mol. The van der Waals surface area contributed by atoms with Crippen LogP contribution in [0.15, 0.2) is 23.3 Å². The molecule has 3 rings (SSSR count). The fourth-order valence-corrected chi connectivity index (χ4v) is 2.07. The van der Waals surface area contributed by atoms with E-state index in [0.717, 1.165) is 18.7 Å². The van der Waals surface area contributed by atoms with Gasteiger partial charge in [-0.2, -0.15) is 5.10 Å². The zero-order chi connectivity index (χ0) is 8.67. The van der Waals surface area contributed by atoms with Gasteiger partial charge in [-0.05, 0) is 18.6 Å². The Kier molecular flexibility index (Phi) is 1.33. The first-order chi connectivity index (χ1) is 6.45. The second kappa shape index (κ2) is 2.49. The molecule has 0 spiro atoms. The normalized spacial score (nSPS) is 22.9. The molecule has 1 aromatic carbocycles. The number of nitrogens with one attached hydrogen (secondary N) is 2. The molecule has 2 heterocycles. The molecule has 0 radical (unpaired) electrons. The summed E-state index contributed by atoms with van der Waals surface area (Å²) in [5.41, 5.74) is 6.82. The van der Waals surface area contributed by atoms with Gasteiger partial charge >= 0.3 is 0 Å². The number of benzene rings is 1. The van der Waals surface area contributed by atoms with Crippen LogP contribution in [-0.2, 0) is 0 Å². The van der Waals surface area contributed by atoms with E-state index < -0.39 is 0 Å². The van der Waals surface area contributed by atoms with E-state index in [2.05, 4.69) is 34.0 Å². The van der Waals surface area contributed by atoms with E-state index in [1.54, 1.807) is 0 Å². The first-order valence-corrected chi connectivity index (χ1v) is 4.61. The Morgan fingerprint density at radius 1 is 1.31 bits per heavy atom. The maximum absolute atomic E-state index is 4.14. The lowest BCUT2D eigenvalue weighted by Crippen LogP contribution is -2.21. The summed E-state index contributed by atoms with van der Waals surface area (Å²) < 4.78 is 0. The fraction of sp³-hybridized carbons (Fsp3) is 0.300. The molecule has 3 heteroatoms. The Labute approximate surface area is 76.8 Å². The highest BCUT2D eigenvalue weighted by Crippen LogP contribution is 2.37. The van der Waals surface area contributed by atoms with Gasteiger partial charge in [0.15, 0.2) is 0 Å².